The van der Waals surface area contributed by atoms with Gasteiger partial charge in [0.25, 0.3) is 0 Å². The van der Waals surface area contributed by atoms with Crippen molar-refractivity contribution in [3.63, 3.8) is 0 Å². The highest BCUT2D eigenvalue weighted by Crippen LogP contribution is 2.37. The van der Waals surface area contributed by atoms with Crippen LogP contribution in [0.2, 0.25) is 0 Å². The molecule has 1 N–H and O–H groups in total. The van der Waals surface area contributed by atoms with Crippen LogP contribution in [0.3, 0.4) is 0 Å². The minimum atomic E-state index is 0.396. The molecule has 118 valence electrons. The molecule has 1 saturated carbocycles. The van der Waals surface area contributed by atoms with E-state index in [0.717, 1.165) is 19.6 Å². The van der Waals surface area contributed by atoms with Crippen molar-refractivity contribution in [2.24, 2.45) is 0 Å². The highest BCUT2D eigenvalue weighted by atomic mass is 79.9. The van der Waals surface area contributed by atoms with Crippen LogP contribution in [-0.4, -0.2) is 50.1 Å². The summed E-state index contributed by atoms with van der Waals surface area (Å²) in [5, 5.41) is 3.19. The minimum Gasteiger partial charge on any atom is -0.316 e. The molecule has 0 saturated heterocycles. The summed E-state index contributed by atoms with van der Waals surface area (Å²) in [6.07, 6.45) is 4.02. The van der Waals surface area contributed by atoms with E-state index in [1.807, 2.05) is 7.05 Å². The molecule has 3 nitrogen and oxygen atoms in total. The summed E-state index contributed by atoms with van der Waals surface area (Å²) in [7, 11) is 8.65. The lowest BCUT2D eigenvalue weighted by Gasteiger charge is -2.49. The number of halogens is 1. The third-order valence-electron chi connectivity index (χ3n) is 4.74. The van der Waals surface area contributed by atoms with E-state index in [4.69, 9.17) is 0 Å². The van der Waals surface area contributed by atoms with E-state index >= 15 is 0 Å². The van der Waals surface area contributed by atoms with Crippen molar-refractivity contribution in [1.29, 1.82) is 0 Å². The predicted molar refractivity (Wildman–Crippen MR) is 93.5 cm³/mol. The molecular weight excluding hydrogens is 326 g/mol. The van der Waals surface area contributed by atoms with E-state index in [9.17, 15) is 0 Å². The highest BCUT2D eigenvalue weighted by Gasteiger charge is 2.39. The third-order valence-corrected chi connectivity index (χ3v) is 5.47. The number of benzene rings is 1. The largest absolute Gasteiger partial charge is 0.316 e. The van der Waals surface area contributed by atoms with Gasteiger partial charge in [-0.3, -0.25) is 0 Å². The van der Waals surface area contributed by atoms with Crippen LogP contribution < -0.4 is 5.32 Å². The van der Waals surface area contributed by atoms with Crippen LogP contribution in [0.15, 0.2) is 22.7 Å². The van der Waals surface area contributed by atoms with Gasteiger partial charge < -0.3 is 15.1 Å². The normalized spacial score (nSPS) is 17.3. The molecule has 0 spiro atoms. The van der Waals surface area contributed by atoms with Crippen LogP contribution in [0.1, 0.15) is 30.4 Å². The zero-order chi connectivity index (χ0) is 15.5. The van der Waals surface area contributed by atoms with Crippen LogP contribution in [0.4, 0.5) is 0 Å². The average Bonchev–Trinajstić information content (AvgIpc) is 2.37. The van der Waals surface area contributed by atoms with Crippen LogP contribution in [-0.2, 0) is 13.1 Å². The zero-order valence-corrected chi connectivity index (χ0v) is 15.3. The predicted octanol–water partition coefficient (Wildman–Crippen LogP) is 3.08. The lowest BCUT2D eigenvalue weighted by molar-refractivity contribution is 0.0258. The molecule has 1 aliphatic rings. The Balaban J connectivity index is 1.98. The number of hydrogen-bond donors (Lipinski definition) is 1. The van der Waals surface area contributed by atoms with E-state index < -0.39 is 0 Å². The van der Waals surface area contributed by atoms with Gasteiger partial charge in [0.05, 0.1) is 0 Å². The number of nitrogens with one attached hydrogen (secondary N) is 1. The molecule has 0 atom stereocenters. The van der Waals surface area contributed by atoms with Gasteiger partial charge in [0, 0.05) is 29.6 Å². The summed E-state index contributed by atoms with van der Waals surface area (Å²) >= 11 is 3.72. The fourth-order valence-corrected chi connectivity index (χ4v) is 3.77. The second-order valence-electron chi connectivity index (χ2n) is 6.60. The SMILES string of the molecule is CNCc1ccc(CN(C)CC2(N(C)C)CCC2)c(Br)c1. The Morgan fingerprint density at radius 2 is 1.95 bits per heavy atom. The Morgan fingerprint density at radius 3 is 2.43 bits per heavy atom. The van der Waals surface area contributed by atoms with E-state index in [-0.39, 0.29) is 0 Å². The van der Waals surface area contributed by atoms with Gasteiger partial charge in [-0.1, -0.05) is 28.1 Å². The molecule has 21 heavy (non-hydrogen) atoms. The third kappa shape index (κ3) is 4.07. The first kappa shape index (κ1) is 16.9. The Labute approximate surface area is 137 Å². The van der Waals surface area contributed by atoms with Crippen molar-refractivity contribution in [2.75, 3.05) is 34.7 Å². The average molecular weight is 354 g/mol. The number of likely N-dealkylation sites (N-methyl/N-ethyl adjacent to an activating group) is 2. The molecule has 0 unspecified atom stereocenters. The van der Waals surface area contributed by atoms with Crippen molar-refractivity contribution in [3.05, 3.63) is 33.8 Å². The maximum Gasteiger partial charge on any atom is 0.0330 e. The van der Waals surface area contributed by atoms with Crippen LogP contribution >= 0.6 is 15.9 Å². The molecule has 0 radical (unpaired) electrons. The lowest BCUT2D eigenvalue weighted by Crippen LogP contribution is -2.56. The first-order valence-corrected chi connectivity index (χ1v) is 8.54. The number of hydrogen-bond acceptors (Lipinski definition) is 3. The lowest BCUT2D eigenvalue weighted by atomic mass is 9.75. The smallest absolute Gasteiger partial charge is 0.0330 e. The maximum atomic E-state index is 3.72. The van der Waals surface area contributed by atoms with E-state index in [2.05, 4.69) is 70.4 Å². The fourth-order valence-electron chi connectivity index (χ4n) is 3.21. The second kappa shape index (κ2) is 7.23. The summed E-state index contributed by atoms with van der Waals surface area (Å²) in [5.74, 6) is 0. The van der Waals surface area contributed by atoms with E-state index in [1.54, 1.807) is 0 Å². The number of nitrogens with zero attached hydrogens (tertiary/aromatic N) is 2. The molecule has 1 aromatic carbocycles. The number of rotatable bonds is 7. The first-order chi connectivity index (χ1) is 9.97. The molecule has 0 bridgehead atoms. The molecular formula is C17H28BrN3. The summed E-state index contributed by atoms with van der Waals surface area (Å²) in [4.78, 5) is 4.87. The molecule has 1 aliphatic carbocycles. The molecule has 0 aromatic heterocycles. The zero-order valence-electron chi connectivity index (χ0n) is 13.7. The molecule has 0 heterocycles. The maximum absolute atomic E-state index is 3.72. The van der Waals surface area contributed by atoms with Crippen molar-refractivity contribution in [1.82, 2.24) is 15.1 Å². The van der Waals surface area contributed by atoms with Crippen molar-refractivity contribution in [3.8, 4) is 0 Å². The second-order valence-corrected chi connectivity index (χ2v) is 7.46. The summed E-state index contributed by atoms with van der Waals surface area (Å²) in [6.45, 7) is 3.05. The quantitative estimate of drug-likeness (QED) is 0.812. The summed E-state index contributed by atoms with van der Waals surface area (Å²) < 4.78 is 1.22. The molecule has 1 aromatic rings. The van der Waals surface area contributed by atoms with E-state index in [0.29, 0.717) is 5.54 Å². The molecule has 1 fully saturated rings. The molecule has 4 heteroatoms. The summed E-state index contributed by atoms with van der Waals surface area (Å²) in [6, 6.07) is 6.69. The molecule has 2 rings (SSSR count). The Kier molecular flexibility index (Phi) is 5.83. The topological polar surface area (TPSA) is 18.5 Å². The standard InChI is InChI=1S/C17H28BrN3/c1-19-11-14-6-7-15(16(18)10-14)12-21(4)13-17(20(2)3)8-5-9-17/h6-7,10,19H,5,8-9,11-13H2,1-4H3. The Hall–Kier alpha value is -0.420. The monoisotopic (exact) mass is 353 g/mol. The van der Waals surface area contributed by atoms with Crippen molar-refractivity contribution >= 4 is 15.9 Å². The van der Waals surface area contributed by atoms with Gasteiger partial charge >= 0.3 is 0 Å². The van der Waals surface area contributed by atoms with Gasteiger partial charge in [0.2, 0.25) is 0 Å². The first-order valence-electron chi connectivity index (χ1n) is 7.75. The highest BCUT2D eigenvalue weighted by molar-refractivity contribution is 9.10. The van der Waals surface area contributed by atoms with Crippen LogP contribution in [0.25, 0.3) is 0 Å². The van der Waals surface area contributed by atoms with Gasteiger partial charge in [-0.25, -0.2) is 0 Å². The van der Waals surface area contributed by atoms with Crippen LogP contribution in [0, 0.1) is 0 Å². The van der Waals surface area contributed by atoms with E-state index in [1.165, 1.54) is 34.9 Å². The van der Waals surface area contributed by atoms with Gasteiger partial charge in [0.1, 0.15) is 0 Å². The van der Waals surface area contributed by atoms with Gasteiger partial charge in [-0.05, 0) is 64.6 Å². The Bertz CT molecular complexity index is 469. The summed E-state index contributed by atoms with van der Waals surface area (Å²) in [5.41, 5.74) is 3.08. The minimum absolute atomic E-state index is 0.396. The Morgan fingerprint density at radius 1 is 1.24 bits per heavy atom. The van der Waals surface area contributed by atoms with Crippen molar-refractivity contribution in [2.45, 2.75) is 37.9 Å². The fraction of sp³-hybridized carbons (Fsp3) is 0.647. The van der Waals surface area contributed by atoms with Gasteiger partial charge in [-0.15, -0.1) is 0 Å². The van der Waals surface area contributed by atoms with Crippen LogP contribution in [0.5, 0.6) is 0 Å². The molecule has 0 aliphatic heterocycles. The van der Waals surface area contributed by atoms with Gasteiger partial charge in [0.15, 0.2) is 0 Å². The van der Waals surface area contributed by atoms with Gasteiger partial charge in [-0.2, -0.15) is 0 Å². The van der Waals surface area contributed by atoms with Crippen molar-refractivity contribution < 1.29 is 0 Å². The molecule has 0 amide bonds.